The van der Waals surface area contributed by atoms with Crippen molar-refractivity contribution in [3.05, 3.63) is 41.9 Å². The van der Waals surface area contributed by atoms with Gasteiger partial charge < -0.3 is 10.8 Å². The molecule has 4 nitrogen and oxygen atoms in total. The van der Waals surface area contributed by atoms with Gasteiger partial charge in [0.1, 0.15) is 11.4 Å². The van der Waals surface area contributed by atoms with Crippen molar-refractivity contribution in [3.63, 3.8) is 0 Å². The molecule has 0 heterocycles. The standard InChI is InChI=1S/C11H8F4N2O2/c12-6-1-3-7(4-2-6)17-9(11(13,14)15)8(5-16)10(18)19/h1-5H,16H2,(H,18,19)/b8-5+,17-9?. The molecule has 8 heteroatoms. The van der Waals surface area contributed by atoms with Crippen LogP contribution in [0.5, 0.6) is 0 Å². The Morgan fingerprint density at radius 1 is 1.26 bits per heavy atom. The Labute approximate surface area is 104 Å². The van der Waals surface area contributed by atoms with Crippen molar-refractivity contribution in [1.82, 2.24) is 0 Å². The van der Waals surface area contributed by atoms with Crippen molar-refractivity contribution in [2.75, 3.05) is 0 Å². The lowest BCUT2D eigenvalue weighted by Crippen LogP contribution is -2.29. The Morgan fingerprint density at radius 3 is 2.16 bits per heavy atom. The predicted molar refractivity (Wildman–Crippen MR) is 59.5 cm³/mol. The number of hydrogen-bond donors (Lipinski definition) is 2. The summed E-state index contributed by atoms with van der Waals surface area (Å²) in [5.41, 5.74) is 1.78. The van der Waals surface area contributed by atoms with Gasteiger partial charge in [0.2, 0.25) is 0 Å². The maximum Gasteiger partial charge on any atom is 0.434 e. The van der Waals surface area contributed by atoms with Crippen molar-refractivity contribution in [3.8, 4) is 0 Å². The first-order valence-corrected chi connectivity index (χ1v) is 4.82. The third-order valence-corrected chi connectivity index (χ3v) is 1.99. The van der Waals surface area contributed by atoms with Crippen LogP contribution in [0, 0.1) is 5.82 Å². The van der Waals surface area contributed by atoms with Crippen molar-refractivity contribution in [1.29, 1.82) is 0 Å². The third kappa shape index (κ3) is 3.80. The summed E-state index contributed by atoms with van der Waals surface area (Å²) in [5.74, 6) is -2.51. The minimum Gasteiger partial charge on any atom is -0.478 e. The van der Waals surface area contributed by atoms with Gasteiger partial charge in [0, 0.05) is 6.20 Å². The quantitative estimate of drug-likeness (QED) is 0.505. The molecule has 0 unspecified atom stereocenters. The molecule has 3 N–H and O–H groups in total. The largest absolute Gasteiger partial charge is 0.478 e. The van der Waals surface area contributed by atoms with Crippen molar-refractivity contribution in [2.24, 2.45) is 10.7 Å². The van der Waals surface area contributed by atoms with Crippen LogP contribution in [0.15, 0.2) is 41.0 Å². The van der Waals surface area contributed by atoms with E-state index < -0.39 is 29.2 Å². The molecule has 0 aliphatic heterocycles. The Hall–Kier alpha value is -2.38. The van der Waals surface area contributed by atoms with E-state index in [0.717, 1.165) is 24.3 Å². The first kappa shape index (κ1) is 14.7. The van der Waals surface area contributed by atoms with E-state index in [1.807, 2.05) is 0 Å². The lowest BCUT2D eigenvalue weighted by Gasteiger charge is -2.10. The number of aliphatic carboxylic acids is 1. The molecule has 0 radical (unpaired) electrons. The van der Waals surface area contributed by atoms with E-state index in [1.54, 1.807) is 0 Å². The fraction of sp³-hybridized carbons (Fsp3) is 0.0909. The summed E-state index contributed by atoms with van der Waals surface area (Å²) < 4.78 is 50.8. The first-order chi connectivity index (χ1) is 8.75. The number of carbonyl (C=O) groups is 1. The summed E-state index contributed by atoms with van der Waals surface area (Å²) in [5, 5.41) is 8.64. The molecule has 0 saturated heterocycles. The zero-order valence-corrected chi connectivity index (χ0v) is 9.28. The molecule has 1 aromatic carbocycles. The van der Waals surface area contributed by atoms with Crippen LogP contribution in [0.25, 0.3) is 0 Å². The number of nitrogens with zero attached hydrogens (tertiary/aromatic N) is 1. The van der Waals surface area contributed by atoms with Gasteiger partial charge in [0.05, 0.1) is 5.69 Å². The van der Waals surface area contributed by atoms with Crippen molar-refractivity contribution in [2.45, 2.75) is 6.18 Å². The molecular formula is C11H8F4N2O2. The van der Waals surface area contributed by atoms with Gasteiger partial charge in [-0.3, -0.25) is 0 Å². The minimum absolute atomic E-state index is 0.241. The Morgan fingerprint density at radius 2 is 1.79 bits per heavy atom. The van der Waals surface area contributed by atoms with Crippen LogP contribution in [0.1, 0.15) is 0 Å². The number of carboxylic acids is 1. The number of rotatable bonds is 3. The highest BCUT2D eigenvalue weighted by Crippen LogP contribution is 2.25. The normalized spacial score (nSPS) is 13.5. The number of halogens is 4. The average Bonchev–Trinajstić information content (AvgIpc) is 2.29. The topological polar surface area (TPSA) is 75.7 Å². The Bertz CT molecular complexity index is 533. The second-order valence-electron chi connectivity index (χ2n) is 3.32. The van der Waals surface area contributed by atoms with Crippen LogP contribution in [0.2, 0.25) is 0 Å². The van der Waals surface area contributed by atoms with Crippen LogP contribution in [-0.4, -0.2) is 23.0 Å². The van der Waals surface area contributed by atoms with Crippen LogP contribution in [-0.2, 0) is 4.79 Å². The zero-order chi connectivity index (χ0) is 14.6. The molecule has 1 aromatic rings. The maximum atomic E-state index is 12.7. The minimum atomic E-state index is -5.00. The van der Waals surface area contributed by atoms with Crippen LogP contribution >= 0.6 is 0 Å². The maximum absolute atomic E-state index is 12.7. The molecule has 0 aromatic heterocycles. The smallest absolute Gasteiger partial charge is 0.434 e. The second kappa shape index (κ2) is 5.51. The summed E-state index contributed by atoms with van der Waals surface area (Å²) in [7, 11) is 0. The molecule has 0 fully saturated rings. The molecule has 0 atom stereocenters. The van der Waals surface area contributed by atoms with E-state index in [9.17, 15) is 22.4 Å². The van der Waals surface area contributed by atoms with E-state index in [4.69, 9.17) is 10.8 Å². The number of nitrogens with two attached hydrogens (primary N) is 1. The highest BCUT2D eigenvalue weighted by molar-refractivity contribution is 6.21. The molecule has 0 aliphatic carbocycles. The van der Waals surface area contributed by atoms with Gasteiger partial charge in [-0.25, -0.2) is 14.2 Å². The third-order valence-electron chi connectivity index (χ3n) is 1.99. The fourth-order valence-corrected chi connectivity index (χ4v) is 1.17. The number of carboxylic acid groups (broad SMARTS) is 1. The molecular weight excluding hydrogens is 268 g/mol. The number of aliphatic imine (C=N–C) groups is 1. The Kier molecular flexibility index (Phi) is 4.26. The highest BCUT2D eigenvalue weighted by Gasteiger charge is 2.40. The number of hydrogen-bond acceptors (Lipinski definition) is 3. The van der Waals surface area contributed by atoms with Crippen molar-refractivity contribution < 1.29 is 27.5 Å². The van der Waals surface area contributed by atoms with Gasteiger partial charge in [-0.1, -0.05) is 0 Å². The van der Waals surface area contributed by atoms with Gasteiger partial charge in [-0.2, -0.15) is 13.2 Å². The molecule has 102 valence electrons. The summed E-state index contributed by atoms with van der Waals surface area (Å²) in [6.07, 6.45) is -4.70. The highest BCUT2D eigenvalue weighted by atomic mass is 19.4. The SMILES string of the molecule is N/C=C(/C(=O)O)C(=Nc1ccc(F)cc1)C(F)(F)F. The molecule has 0 amide bonds. The molecule has 0 aliphatic rings. The zero-order valence-electron chi connectivity index (χ0n) is 9.28. The van der Waals surface area contributed by atoms with Crippen LogP contribution in [0.3, 0.4) is 0 Å². The molecule has 0 spiro atoms. The van der Waals surface area contributed by atoms with E-state index in [-0.39, 0.29) is 5.69 Å². The number of benzene rings is 1. The molecule has 0 bridgehead atoms. The van der Waals surface area contributed by atoms with Gasteiger partial charge in [0.15, 0.2) is 5.71 Å². The van der Waals surface area contributed by atoms with Crippen LogP contribution in [0.4, 0.5) is 23.2 Å². The summed E-state index contributed by atoms with van der Waals surface area (Å²) in [6.45, 7) is 0. The van der Waals surface area contributed by atoms with E-state index in [1.165, 1.54) is 0 Å². The Balaban J connectivity index is 3.33. The summed E-state index contributed by atoms with van der Waals surface area (Å²) >= 11 is 0. The summed E-state index contributed by atoms with van der Waals surface area (Å²) in [6, 6.07) is 3.77. The fourth-order valence-electron chi connectivity index (χ4n) is 1.17. The lowest BCUT2D eigenvalue weighted by molar-refractivity contribution is -0.132. The van der Waals surface area contributed by atoms with Gasteiger partial charge in [-0.15, -0.1) is 0 Å². The van der Waals surface area contributed by atoms with Gasteiger partial charge >= 0.3 is 12.1 Å². The lowest BCUT2D eigenvalue weighted by atomic mass is 10.1. The molecule has 19 heavy (non-hydrogen) atoms. The monoisotopic (exact) mass is 276 g/mol. The first-order valence-electron chi connectivity index (χ1n) is 4.82. The van der Waals surface area contributed by atoms with E-state index >= 15 is 0 Å². The summed E-state index contributed by atoms with van der Waals surface area (Å²) in [4.78, 5) is 13.8. The van der Waals surface area contributed by atoms with Crippen molar-refractivity contribution >= 4 is 17.4 Å². The van der Waals surface area contributed by atoms with Gasteiger partial charge in [-0.05, 0) is 24.3 Å². The van der Waals surface area contributed by atoms with E-state index in [0.29, 0.717) is 6.20 Å². The molecule has 1 rings (SSSR count). The van der Waals surface area contributed by atoms with Gasteiger partial charge in [0.25, 0.3) is 0 Å². The second-order valence-corrected chi connectivity index (χ2v) is 3.32. The number of alkyl halides is 3. The van der Waals surface area contributed by atoms with Crippen LogP contribution < -0.4 is 5.73 Å². The van der Waals surface area contributed by atoms with E-state index in [2.05, 4.69) is 4.99 Å². The predicted octanol–water partition coefficient (Wildman–Crippen LogP) is 2.39. The average molecular weight is 276 g/mol. The molecule has 0 saturated carbocycles.